The maximum atomic E-state index is 13.5. The topological polar surface area (TPSA) is 86.8 Å². The summed E-state index contributed by atoms with van der Waals surface area (Å²) in [7, 11) is -2.18. The minimum Gasteiger partial charge on any atom is -0.354 e. The molecule has 0 saturated carbocycles. The summed E-state index contributed by atoms with van der Waals surface area (Å²) in [5.74, 6) is -0.335. The van der Waals surface area contributed by atoms with Gasteiger partial charge in [0, 0.05) is 25.8 Å². The highest BCUT2D eigenvalue weighted by Gasteiger charge is 2.44. The second-order valence-electron chi connectivity index (χ2n) is 9.47. The first-order valence-corrected chi connectivity index (χ1v) is 12.8. The highest BCUT2D eigenvalue weighted by atomic mass is 32.2. The molecule has 0 bridgehead atoms. The number of carbonyl (C=O) groups excluding carboxylic acids is 2. The Hall–Kier alpha value is -2.71. The van der Waals surface area contributed by atoms with Crippen molar-refractivity contribution >= 4 is 27.5 Å². The van der Waals surface area contributed by atoms with E-state index >= 15 is 0 Å². The summed E-state index contributed by atoms with van der Waals surface area (Å²) in [6.45, 7) is 6.38. The van der Waals surface area contributed by atoms with Gasteiger partial charge in [0.05, 0.1) is 10.3 Å². The van der Waals surface area contributed by atoms with Crippen molar-refractivity contribution in [1.82, 2.24) is 9.62 Å². The first-order valence-electron chi connectivity index (χ1n) is 11.3. The van der Waals surface area contributed by atoms with Gasteiger partial charge in [-0.25, -0.2) is 8.42 Å². The minimum atomic E-state index is -3.88. The van der Waals surface area contributed by atoms with Crippen molar-refractivity contribution < 1.29 is 18.0 Å². The SMILES string of the molecule is Cc1ccc(CCNC(=O)[C@@H]2CCCN2S(=O)(=O)c2ccc3c(c2)C(C)(C)C(=O)N3C)cc1. The molecule has 2 aliphatic rings. The lowest BCUT2D eigenvalue weighted by molar-refractivity contribution is -0.124. The first-order chi connectivity index (χ1) is 15.5. The number of carbonyl (C=O) groups is 2. The van der Waals surface area contributed by atoms with Gasteiger partial charge in [-0.15, -0.1) is 0 Å². The van der Waals surface area contributed by atoms with Gasteiger partial charge in [0.25, 0.3) is 0 Å². The van der Waals surface area contributed by atoms with Crippen molar-refractivity contribution in [2.24, 2.45) is 0 Å². The summed E-state index contributed by atoms with van der Waals surface area (Å²) in [6, 6.07) is 12.2. The zero-order chi connectivity index (χ0) is 24.0. The number of nitrogens with one attached hydrogen (secondary N) is 1. The fourth-order valence-electron chi connectivity index (χ4n) is 4.74. The highest BCUT2D eigenvalue weighted by molar-refractivity contribution is 7.89. The third-order valence-electron chi connectivity index (χ3n) is 6.79. The van der Waals surface area contributed by atoms with Gasteiger partial charge < -0.3 is 10.2 Å². The summed E-state index contributed by atoms with van der Waals surface area (Å²) in [5, 5.41) is 2.91. The third kappa shape index (κ3) is 4.17. The average Bonchev–Trinajstić information content (AvgIpc) is 3.35. The third-order valence-corrected chi connectivity index (χ3v) is 8.69. The maximum Gasteiger partial charge on any atom is 0.243 e. The van der Waals surface area contributed by atoms with Crippen molar-refractivity contribution in [2.75, 3.05) is 25.0 Å². The molecule has 4 rings (SSSR count). The van der Waals surface area contributed by atoms with Crippen LogP contribution < -0.4 is 10.2 Å². The van der Waals surface area contributed by atoms with Gasteiger partial charge in [0.15, 0.2) is 0 Å². The molecule has 1 atom stereocenters. The van der Waals surface area contributed by atoms with Crippen LogP contribution in [0.15, 0.2) is 47.4 Å². The van der Waals surface area contributed by atoms with E-state index in [1.54, 1.807) is 37.9 Å². The lowest BCUT2D eigenvalue weighted by Gasteiger charge is -2.24. The zero-order valence-electron chi connectivity index (χ0n) is 19.6. The Morgan fingerprint density at radius 3 is 2.55 bits per heavy atom. The number of rotatable bonds is 6. The second kappa shape index (κ2) is 8.57. The zero-order valence-corrected chi connectivity index (χ0v) is 20.4. The molecule has 176 valence electrons. The van der Waals surface area contributed by atoms with E-state index in [-0.39, 0.29) is 16.7 Å². The number of likely N-dealkylation sites (N-methyl/N-ethyl adjacent to an activating group) is 1. The lowest BCUT2D eigenvalue weighted by atomic mass is 9.86. The Kier molecular flexibility index (Phi) is 6.09. The molecule has 2 aromatic rings. The number of hydrogen-bond donors (Lipinski definition) is 1. The summed E-state index contributed by atoms with van der Waals surface area (Å²) in [6.07, 6.45) is 1.81. The van der Waals surface area contributed by atoms with Gasteiger partial charge in [-0.05, 0) is 69.4 Å². The average molecular weight is 470 g/mol. The normalized spacial score (nSPS) is 20.2. The van der Waals surface area contributed by atoms with E-state index in [4.69, 9.17) is 0 Å². The second-order valence-corrected chi connectivity index (χ2v) is 11.4. The van der Waals surface area contributed by atoms with Crippen molar-refractivity contribution in [3.8, 4) is 0 Å². The van der Waals surface area contributed by atoms with Gasteiger partial charge in [-0.2, -0.15) is 4.31 Å². The van der Waals surface area contributed by atoms with E-state index in [9.17, 15) is 18.0 Å². The molecule has 1 saturated heterocycles. The molecule has 0 radical (unpaired) electrons. The predicted octanol–water partition coefficient (Wildman–Crippen LogP) is 2.76. The van der Waals surface area contributed by atoms with Crippen molar-refractivity contribution in [3.05, 3.63) is 59.2 Å². The molecule has 0 spiro atoms. The van der Waals surface area contributed by atoms with E-state index < -0.39 is 21.5 Å². The van der Waals surface area contributed by atoms with Crippen molar-refractivity contribution in [3.63, 3.8) is 0 Å². The number of amides is 2. The molecule has 1 fully saturated rings. The number of nitrogens with zero attached hydrogens (tertiary/aromatic N) is 2. The molecule has 2 aliphatic heterocycles. The van der Waals surface area contributed by atoms with Crippen LogP contribution in [0.1, 0.15) is 43.4 Å². The van der Waals surface area contributed by atoms with Crippen LogP contribution in [0.5, 0.6) is 0 Å². The smallest absolute Gasteiger partial charge is 0.243 e. The van der Waals surface area contributed by atoms with Crippen LogP contribution in [0.4, 0.5) is 5.69 Å². The van der Waals surface area contributed by atoms with Crippen LogP contribution in [0.25, 0.3) is 0 Å². The molecule has 7 nitrogen and oxygen atoms in total. The fourth-order valence-corrected chi connectivity index (χ4v) is 6.42. The van der Waals surface area contributed by atoms with Crippen LogP contribution in [0.2, 0.25) is 0 Å². The minimum absolute atomic E-state index is 0.0703. The molecule has 0 aliphatic carbocycles. The quantitative estimate of drug-likeness (QED) is 0.705. The van der Waals surface area contributed by atoms with E-state index in [1.807, 2.05) is 31.2 Å². The summed E-state index contributed by atoms with van der Waals surface area (Å²) >= 11 is 0. The number of anilines is 1. The Morgan fingerprint density at radius 1 is 1.15 bits per heavy atom. The van der Waals surface area contributed by atoms with Gasteiger partial charge in [-0.1, -0.05) is 29.8 Å². The van der Waals surface area contributed by atoms with Gasteiger partial charge in [0.1, 0.15) is 6.04 Å². The lowest BCUT2D eigenvalue weighted by Crippen LogP contribution is -2.46. The Labute approximate surface area is 195 Å². The molecule has 2 aromatic carbocycles. The van der Waals surface area contributed by atoms with Crippen molar-refractivity contribution in [1.29, 1.82) is 0 Å². The molecule has 0 unspecified atom stereocenters. The molecule has 33 heavy (non-hydrogen) atoms. The predicted molar refractivity (Wildman–Crippen MR) is 128 cm³/mol. The molecule has 2 heterocycles. The van der Waals surface area contributed by atoms with Gasteiger partial charge >= 0.3 is 0 Å². The molecule has 2 amide bonds. The summed E-state index contributed by atoms with van der Waals surface area (Å²) in [5.41, 5.74) is 2.91. The Bertz CT molecular complexity index is 1190. The fraction of sp³-hybridized carbons (Fsp3) is 0.440. The number of aryl methyl sites for hydroxylation is 1. The van der Waals surface area contributed by atoms with Crippen LogP contribution in [0, 0.1) is 6.92 Å². The Morgan fingerprint density at radius 2 is 1.85 bits per heavy atom. The van der Waals surface area contributed by atoms with E-state index in [2.05, 4.69) is 5.32 Å². The number of hydrogen-bond acceptors (Lipinski definition) is 4. The molecule has 8 heteroatoms. The van der Waals surface area contributed by atoms with Crippen molar-refractivity contribution in [2.45, 2.75) is 56.4 Å². The largest absolute Gasteiger partial charge is 0.354 e. The van der Waals surface area contributed by atoms with Gasteiger partial charge in [-0.3, -0.25) is 9.59 Å². The van der Waals surface area contributed by atoms with E-state index in [1.165, 1.54) is 15.9 Å². The maximum absolute atomic E-state index is 13.5. The highest BCUT2D eigenvalue weighted by Crippen LogP contribution is 2.42. The molecule has 0 aromatic heterocycles. The number of fused-ring (bicyclic) bond motifs is 1. The summed E-state index contributed by atoms with van der Waals surface area (Å²) < 4.78 is 28.3. The number of benzene rings is 2. The van der Waals surface area contributed by atoms with E-state index in [0.717, 1.165) is 11.3 Å². The molecular formula is C25H31N3O4S. The van der Waals surface area contributed by atoms with Crippen LogP contribution in [-0.2, 0) is 31.4 Å². The summed E-state index contributed by atoms with van der Waals surface area (Å²) in [4.78, 5) is 27.1. The van der Waals surface area contributed by atoms with Crippen LogP contribution in [0.3, 0.4) is 0 Å². The van der Waals surface area contributed by atoms with Crippen LogP contribution in [-0.4, -0.2) is 50.7 Å². The Balaban J connectivity index is 1.50. The molecular weight excluding hydrogens is 438 g/mol. The monoisotopic (exact) mass is 469 g/mol. The standard InChI is InChI=1S/C25H31N3O4S/c1-17-7-9-18(10-8-17)13-14-26-23(29)22-6-5-15-28(22)33(31,32)19-11-12-21-20(16-19)25(2,3)24(30)27(21)4/h7-12,16,22H,5-6,13-15H2,1-4H3,(H,26,29)/t22-/m0/s1. The first kappa shape index (κ1) is 23.4. The van der Waals surface area contributed by atoms with Crippen LogP contribution >= 0.6 is 0 Å². The van der Waals surface area contributed by atoms with E-state index in [0.29, 0.717) is 37.9 Å². The number of sulfonamides is 1. The van der Waals surface area contributed by atoms with Gasteiger partial charge in [0.2, 0.25) is 21.8 Å². The molecule has 1 N–H and O–H groups in total.